The average molecular weight is 146 g/mol. The number of aliphatic hydroxyl groups is 1. The second kappa shape index (κ2) is 3.94. The summed E-state index contributed by atoms with van der Waals surface area (Å²) in [6.07, 6.45) is 0.788. The summed E-state index contributed by atoms with van der Waals surface area (Å²) in [5.41, 5.74) is -0.569. The summed E-state index contributed by atoms with van der Waals surface area (Å²) in [5.74, 6) is 0. The molecule has 1 rings (SSSR count). The van der Waals surface area contributed by atoms with Crippen LogP contribution in [-0.2, 0) is 4.74 Å². The lowest BCUT2D eigenvalue weighted by atomic mass is 10.0. The highest BCUT2D eigenvalue weighted by Crippen LogP contribution is 2.23. The monoisotopic (exact) mass is 146 g/mol. The highest BCUT2D eigenvalue weighted by molar-refractivity contribution is 4.84. The van der Waals surface area contributed by atoms with Crippen LogP contribution in [0.15, 0.2) is 0 Å². The zero-order valence-corrected chi connectivity index (χ0v) is 7.35. The Morgan fingerprint density at radius 3 is 2.10 bits per heavy atom. The van der Waals surface area contributed by atoms with Crippen LogP contribution in [0.2, 0.25) is 0 Å². The van der Waals surface area contributed by atoms with Gasteiger partial charge in [-0.05, 0) is 13.8 Å². The lowest BCUT2D eigenvalue weighted by Crippen LogP contribution is -2.31. The summed E-state index contributed by atoms with van der Waals surface area (Å²) in [5, 5.41) is 9.34. The molecule has 0 aromatic heterocycles. The quantitative estimate of drug-likeness (QED) is 0.562. The molecule has 10 heavy (non-hydrogen) atoms. The van der Waals surface area contributed by atoms with Gasteiger partial charge >= 0.3 is 0 Å². The summed E-state index contributed by atoms with van der Waals surface area (Å²) < 4.78 is 5.12. The molecule has 2 heteroatoms. The Labute approximate surface area is 63.2 Å². The maximum atomic E-state index is 9.34. The zero-order chi connectivity index (χ0) is 8.20. The van der Waals surface area contributed by atoms with Crippen LogP contribution in [0, 0.1) is 0 Å². The second-order valence-corrected chi connectivity index (χ2v) is 2.62. The first-order valence-electron chi connectivity index (χ1n) is 3.97. The minimum atomic E-state index is -0.569. The molecule has 2 nitrogen and oxygen atoms in total. The molecule has 1 aliphatic heterocycles. The van der Waals surface area contributed by atoms with E-state index in [0.717, 1.165) is 6.42 Å². The van der Waals surface area contributed by atoms with E-state index in [1.54, 1.807) is 0 Å². The van der Waals surface area contributed by atoms with Crippen molar-refractivity contribution in [2.45, 2.75) is 45.8 Å². The van der Waals surface area contributed by atoms with Gasteiger partial charge in [0.25, 0.3) is 0 Å². The van der Waals surface area contributed by atoms with E-state index in [4.69, 9.17) is 4.74 Å². The van der Waals surface area contributed by atoms with Crippen LogP contribution in [0.4, 0.5) is 0 Å². The molecule has 1 saturated heterocycles. The standard InChI is InChI=1S/C6H12O2.C2H6/c1-5-6(2,7)3-4-8-5;1-2/h5,7H,3-4H2,1-2H3;1-2H3. The number of rotatable bonds is 0. The Kier molecular flexibility index (Phi) is 3.91. The van der Waals surface area contributed by atoms with Crippen LogP contribution >= 0.6 is 0 Å². The van der Waals surface area contributed by atoms with Gasteiger partial charge in [0.15, 0.2) is 0 Å². The molecule has 0 aliphatic carbocycles. The van der Waals surface area contributed by atoms with Crippen molar-refractivity contribution in [3.05, 3.63) is 0 Å². The van der Waals surface area contributed by atoms with Gasteiger partial charge in [-0.25, -0.2) is 0 Å². The van der Waals surface area contributed by atoms with Gasteiger partial charge in [0.1, 0.15) is 0 Å². The third-order valence-electron chi connectivity index (χ3n) is 1.85. The second-order valence-electron chi connectivity index (χ2n) is 2.62. The fraction of sp³-hybridized carbons (Fsp3) is 1.00. The van der Waals surface area contributed by atoms with Crippen LogP contribution in [-0.4, -0.2) is 23.4 Å². The largest absolute Gasteiger partial charge is 0.387 e. The Hall–Kier alpha value is -0.0800. The molecular weight excluding hydrogens is 128 g/mol. The summed E-state index contributed by atoms with van der Waals surface area (Å²) in [4.78, 5) is 0. The molecule has 0 aromatic carbocycles. The minimum absolute atomic E-state index is 0.0162. The molecule has 0 amide bonds. The normalized spacial score (nSPS) is 38.7. The van der Waals surface area contributed by atoms with Crippen molar-refractivity contribution in [3.63, 3.8) is 0 Å². The average Bonchev–Trinajstić information content (AvgIpc) is 2.17. The van der Waals surface area contributed by atoms with Crippen LogP contribution in [0.3, 0.4) is 0 Å². The lowest BCUT2D eigenvalue weighted by Gasteiger charge is -2.19. The van der Waals surface area contributed by atoms with E-state index >= 15 is 0 Å². The van der Waals surface area contributed by atoms with Crippen LogP contribution in [0.5, 0.6) is 0 Å². The predicted octanol–water partition coefficient (Wildman–Crippen LogP) is 1.57. The summed E-state index contributed by atoms with van der Waals surface area (Å²) in [7, 11) is 0. The molecule has 2 atom stereocenters. The molecule has 0 saturated carbocycles. The molecule has 1 fully saturated rings. The molecule has 0 radical (unpaired) electrons. The number of hydrogen-bond acceptors (Lipinski definition) is 2. The van der Waals surface area contributed by atoms with Gasteiger partial charge in [-0.2, -0.15) is 0 Å². The SMILES string of the molecule is CC.CC1OCCC1(C)O. The lowest BCUT2D eigenvalue weighted by molar-refractivity contribution is -0.0135. The van der Waals surface area contributed by atoms with Crippen LogP contribution in [0.25, 0.3) is 0 Å². The van der Waals surface area contributed by atoms with E-state index in [1.807, 2.05) is 27.7 Å². The molecule has 0 aromatic rings. The third-order valence-corrected chi connectivity index (χ3v) is 1.85. The van der Waals surface area contributed by atoms with Gasteiger partial charge in [-0.3, -0.25) is 0 Å². The van der Waals surface area contributed by atoms with Gasteiger partial charge in [-0.1, -0.05) is 13.8 Å². The summed E-state index contributed by atoms with van der Waals surface area (Å²) >= 11 is 0. The molecular formula is C8H18O2. The number of hydrogen-bond donors (Lipinski definition) is 1. The molecule has 62 valence electrons. The Morgan fingerprint density at radius 1 is 1.50 bits per heavy atom. The van der Waals surface area contributed by atoms with Gasteiger partial charge in [-0.15, -0.1) is 0 Å². The predicted molar refractivity (Wildman–Crippen MR) is 42.0 cm³/mol. The van der Waals surface area contributed by atoms with Crippen molar-refractivity contribution < 1.29 is 9.84 Å². The Balaban J connectivity index is 0.000000371. The Bertz CT molecular complexity index is 89.3. The summed E-state index contributed by atoms with van der Waals surface area (Å²) in [6.45, 7) is 8.41. The number of ether oxygens (including phenoxy) is 1. The first-order chi connectivity index (χ1) is 4.63. The van der Waals surface area contributed by atoms with Crippen LogP contribution < -0.4 is 0 Å². The van der Waals surface area contributed by atoms with E-state index < -0.39 is 5.60 Å². The van der Waals surface area contributed by atoms with Crippen molar-refractivity contribution in [1.82, 2.24) is 0 Å². The van der Waals surface area contributed by atoms with E-state index in [0.29, 0.717) is 6.61 Å². The Morgan fingerprint density at radius 2 is 2.00 bits per heavy atom. The van der Waals surface area contributed by atoms with Crippen molar-refractivity contribution >= 4 is 0 Å². The van der Waals surface area contributed by atoms with Crippen molar-refractivity contribution in [2.75, 3.05) is 6.61 Å². The first kappa shape index (κ1) is 9.92. The molecule has 1 heterocycles. The van der Waals surface area contributed by atoms with Gasteiger partial charge in [0, 0.05) is 13.0 Å². The third kappa shape index (κ3) is 2.27. The van der Waals surface area contributed by atoms with Gasteiger partial charge < -0.3 is 9.84 Å². The van der Waals surface area contributed by atoms with E-state index in [1.165, 1.54) is 0 Å². The molecule has 0 bridgehead atoms. The highest BCUT2D eigenvalue weighted by Gasteiger charge is 2.34. The topological polar surface area (TPSA) is 29.5 Å². The minimum Gasteiger partial charge on any atom is -0.387 e. The molecule has 0 spiro atoms. The maximum Gasteiger partial charge on any atom is 0.0899 e. The van der Waals surface area contributed by atoms with Gasteiger partial charge in [0.2, 0.25) is 0 Å². The maximum absolute atomic E-state index is 9.34. The van der Waals surface area contributed by atoms with Crippen LogP contribution in [0.1, 0.15) is 34.1 Å². The zero-order valence-electron chi connectivity index (χ0n) is 7.35. The fourth-order valence-corrected chi connectivity index (χ4v) is 0.825. The van der Waals surface area contributed by atoms with E-state index in [-0.39, 0.29) is 6.10 Å². The van der Waals surface area contributed by atoms with E-state index in [2.05, 4.69) is 0 Å². The highest BCUT2D eigenvalue weighted by atomic mass is 16.5. The first-order valence-corrected chi connectivity index (χ1v) is 3.97. The van der Waals surface area contributed by atoms with Crippen molar-refractivity contribution in [1.29, 1.82) is 0 Å². The fourth-order valence-electron chi connectivity index (χ4n) is 0.825. The molecule has 1 N–H and O–H groups in total. The van der Waals surface area contributed by atoms with Gasteiger partial charge in [0.05, 0.1) is 11.7 Å². The summed E-state index contributed by atoms with van der Waals surface area (Å²) in [6, 6.07) is 0. The van der Waals surface area contributed by atoms with E-state index in [9.17, 15) is 5.11 Å². The van der Waals surface area contributed by atoms with Crippen molar-refractivity contribution in [2.24, 2.45) is 0 Å². The molecule has 2 unspecified atom stereocenters. The molecule has 1 aliphatic rings. The van der Waals surface area contributed by atoms with Crippen molar-refractivity contribution in [3.8, 4) is 0 Å². The smallest absolute Gasteiger partial charge is 0.0899 e.